The van der Waals surface area contributed by atoms with Crippen LogP contribution in [0.4, 0.5) is 5.13 Å². The van der Waals surface area contributed by atoms with Crippen LogP contribution >= 0.6 is 46.3 Å². The van der Waals surface area contributed by atoms with Gasteiger partial charge in [-0.15, -0.1) is 10.2 Å². The topological polar surface area (TPSA) is 67.8 Å². The Morgan fingerprint density at radius 2 is 2.12 bits per heavy atom. The van der Waals surface area contributed by atoms with Crippen LogP contribution in [0.5, 0.6) is 0 Å². The Morgan fingerprint density at radius 3 is 2.81 bits per heavy atom. The number of anilines is 1. The Bertz CT molecular complexity index is 905. The first-order valence-electron chi connectivity index (χ1n) is 7.73. The molecule has 1 amide bonds. The lowest BCUT2D eigenvalue weighted by molar-refractivity contribution is 0.102. The maximum atomic E-state index is 12.3. The summed E-state index contributed by atoms with van der Waals surface area (Å²) < 4.78 is 0.783. The molecule has 0 aliphatic heterocycles. The van der Waals surface area contributed by atoms with Crippen molar-refractivity contribution in [2.24, 2.45) is 0 Å². The third-order valence-electron chi connectivity index (χ3n) is 3.48. The lowest BCUT2D eigenvalue weighted by Gasteiger charge is -2.11. The number of amides is 1. The van der Waals surface area contributed by atoms with Crippen LogP contribution in [0, 0.1) is 0 Å². The smallest absolute Gasteiger partial charge is 0.257 e. The molecule has 1 unspecified atom stereocenters. The normalized spacial score (nSPS) is 12.0. The minimum absolute atomic E-state index is 0.232. The van der Waals surface area contributed by atoms with Crippen molar-refractivity contribution in [2.45, 2.75) is 22.9 Å². The van der Waals surface area contributed by atoms with Crippen LogP contribution in [0.25, 0.3) is 0 Å². The average Bonchev–Trinajstić information content (AvgIpc) is 3.09. The number of pyridine rings is 1. The predicted molar refractivity (Wildman–Crippen MR) is 107 cm³/mol. The molecule has 5 nitrogen and oxygen atoms in total. The largest absolute Gasteiger partial charge is 0.296 e. The van der Waals surface area contributed by atoms with Crippen LogP contribution in [0.15, 0.2) is 47.1 Å². The number of hydrogen-bond donors (Lipinski definition) is 1. The van der Waals surface area contributed by atoms with Crippen molar-refractivity contribution in [3.8, 4) is 0 Å². The highest BCUT2D eigenvalue weighted by Crippen LogP contribution is 2.39. The maximum Gasteiger partial charge on any atom is 0.257 e. The second kappa shape index (κ2) is 8.81. The van der Waals surface area contributed by atoms with Crippen molar-refractivity contribution in [3.63, 3.8) is 0 Å². The second-order valence-corrected chi connectivity index (χ2v) is 8.50. The lowest BCUT2D eigenvalue weighted by Crippen LogP contribution is -2.11. The summed E-state index contributed by atoms with van der Waals surface area (Å²) in [5.74, 6) is -0.310. The molecule has 26 heavy (non-hydrogen) atoms. The molecule has 0 radical (unpaired) electrons. The van der Waals surface area contributed by atoms with Gasteiger partial charge in [-0.25, -0.2) is 0 Å². The Kier molecular flexibility index (Phi) is 6.48. The minimum Gasteiger partial charge on any atom is -0.296 e. The second-order valence-electron chi connectivity index (χ2n) is 5.26. The highest BCUT2D eigenvalue weighted by Gasteiger charge is 2.16. The van der Waals surface area contributed by atoms with E-state index in [0.717, 1.165) is 16.3 Å². The van der Waals surface area contributed by atoms with E-state index in [2.05, 4.69) is 27.4 Å². The minimum atomic E-state index is -0.310. The molecule has 3 rings (SSSR count). The molecule has 0 fully saturated rings. The highest BCUT2D eigenvalue weighted by atomic mass is 35.5. The summed E-state index contributed by atoms with van der Waals surface area (Å²) in [5, 5.41) is 12.3. The SMILES string of the molecule is CCC(Sc1nnc(NC(=O)c2ccc(Cl)c(Cl)c2)s1)c1cccnc1. The number of carbonyl (C=O) groups excluding carboxylic acids is 1. The molecule has 0 aliphatic rings. The van der Waals surface area contributed by atoms with Gasteiger partial charge in [0.15, 0.2) is 4.34 Å². The lowest BCUT2D eigenvalue weighted by atomic mass is 10.2. The number of rotatable bonds is 6. The van der Waals surface area contributed by atoms with Crippen molar-refractivity contribution in [2.75, 3.05) is 5.32 Å². The number of nitrogens with one attached hydrogen (secondary N) is 1. The Hall–Kier alpha value is -1.67. The molecule has 0 spiro atoms. The van der Waals surface area contributed by atoms with Crippen molar-refractivity contribution >= 4 is 57.3 Å². The van der Waals surface area contributed by atoms with Gasteiger partial charge in [-0.3, -0.25) is 15.1 Å². The van der Waals surface area contributed by atoms with Crippen LogP contribution in [-0.4, -0.2) is 21.1 Å². The molecule has 2 heterocycles. The Labute approximate surface area is 169 Å². The zero-order valence-electron chi connectivity index (χ0n) is 13.6. The number of halogens is 2. The van der Waals surface area contributed by atoms with E-state index < -0.39 is 0 Å². The third kappa shape index (κ3) is 4.73. The molecule has 0 bridgehead atoms. The van der Waals surface area contributed by atoms with Gasteiger partial charge in [0.2, 0.25) is 5.13 Å². The fourth-order valence-corrected chi connectivity index (χ4v) is 4.51. The molecular formula is C17H14Cl2N4OS2. The fraction of sp³-hybridized carbons (Fsp3) is 0.176. The van der Waals surface area contributed by atoms with Crippen LogP contribution < -0.4 is 5.32 Å². The number of thioether (sulfide) groups is 1. The average molecular weight is 425 g/mol. The molecule has 1 atom stereocenters. The zero-order valence-corrected chi connectivity index (χ0v) is 16.8. The number of carbonyl (C=O) groups is 1. The summed E-state index contributed by atoms with van der Waals surface area (Å²) in [6.07, 6.45) is 4.54. The quantitative estimate of drug-likeness (QED) is 0.403. The Morgan fingerprint density at radius 1 is 1.27 bits per heavy atom. The third-order valence-corrected chi connectivity index (χ3v) is 6.56. The van der Waals surface area contributed by atoms with Crippen molar-refractivity contribution < 1.29 is 4.79 Å². The first-order valence-corrected chi connectivity index (χ1v) is 10.2. The number of aromatic nitrogens is 3. The first-order chi connectivity index (χ1) is 12.6. The van der Waals surface area contributed by atoms with E-state index in [-0.39, 0.29) is 11.2 Å². The standard InChI is InChI=1S/C17H14Cl2N4OS2/c1-2-14(11-4-3-7-20-9-11)25-17-23-22-16(26-17)21-15(24)10-5-6-12(18)13(19)8-10/h3-9,14H,2H2,1H3,(H,21,22,24). The van der Waals surface area contributed by atoms with Crippen LogP contribution in [0.1, 0.15) is 34.5 Å². The highest BCUT2D eigenvalue weighted by molar-refractivity contribution is 8.01. The van der Waals surface area contributed by atoms with Gasteiger partial charge in [0.25, 0.3) is 5.91 Å². The molecule has 0 aliphatic carbocycles. The molecule has 1 N–H and O–H groups in total. The summed E-state index contributed by atoms with van der Waals surface area (Å²) in [5.41, 5.74) is 1.54. The van der Waals surface area contributed by atoms with Crippen molar-refractivity contribution in [1.29, 1.82) is 0 Å². The van der Waals surface area contributed by atoms with Crippen LogP contribution in [0.3, 0.4) is 0 Å². The van der Waals surface area contributed by atoms with Gasteiger partial charge >= 0.3 is 0 Å². The van der Waals surface area contributed by atoms with Crippen LogP contribution in [0.2, 0.25) is 10.0 Å². The van der Waals surface area contributed by atoms with Gasteiger partial charge in [-0.2, -0.15) is 0 Å². The summed E-state index contributed by atoms with van der Waals surface area (Å²) in [4.78, 5) is 16.5. The van der Waals surface area contributed by atoms with Gasteiger partial charge < -0.3 is 0 Å². The van der Waals surface area contributed by atoms with Gasteiger partial charge in [0, 0.05) is 23.2 Å². The monoisotopic (exact) mass is 424 g/mol. The molecular weight excluding hydrogens is 411 g/mol. The molecule has 9 heteroatoms. The number of nitrogens with zero attached hydrogens (tertiary/aromatic N) is 3. The molecule has 0 saturated heterocycles. The van der Waals surface area contributed by atoms with Gasteiger partial charge in [-0.05, 0) is 36.2 Å². The van der Waals surface area contributed by atoms with Gasteiger partial charge in [0.05, 0.1) is 10.0 Å². The van der Waals surface area contributed by atoms with E-state index in [4.69, 9.17) is 23.2 Å². The first kappa shape index (κ1) is 19.1. The maximum absolute atomic E-state index is 12.3. The Balaban J connectivity index is 1.67. The molecule has 3 aromatic rings. The summed E-state index contributed by atoms with van der Waals surface area (Å²) >= 11 is 14.8. The van der Waals surface area contributed by atoms with Crippen molar-refractivity contribution in [1.82, 2.24) is 15.2 Å². The zero-order chi connectivity index (χ0) is 18.5. The summed E-state index contributed by atoms with van der Waals surface area (Å²) in [7, 11) is 0. The summed E-state index contributed by atoms with van der Waals surface area (Å²) in [6.45, 7) is 2.11. The van der Waals surface area contributed by atoms with E-state index in [9.17, 15) is 4.79 Å². The molecule has 134 valence electrons. The fourth-order valence-electron chi connectivity index (χ4n) is 2.19. The van der Waals surface area contributed by atoms with E-state index in [0.29, 0.717) is 20.7 Å². The van der Waals surface area contributed by atoms with E-state index >= 15 is 0 Å². The van der Waals surface area contributed by atoms with Crippen LogP contribution in [-0.2, 0) is 0 Å². The van der Waals surface area contributed by atoms with Gasteiger partial charge in [0.1, 0.15) is 0 Å². The van der Waals surface area contributed by atoms with E-state index in [1.54, 1.807) is 30.1 Å². The number of hydrogen-bond acceptors (Lipinski definition) is 6. The van der Waals surface area contributed by atoms with Gasteiger partial charge in [-0.1, -0.05) is 59.3 Å². The molecule has 2 aromatic heterocycles. The van der Waals surface area contributed by atoms with E-state index in [1.165, 1.54) is 17.4 Å². The van der Waals surface area contributed by atoms with E-state index in [1.807, 2.05) is 18.3 Å². The predicted octanol–water partition coefficient (Wildman–Crippen LogP) is 5.74. The molecule has 0 saturated carbocycles. The summed E-state index contributed by atoms with van der Waals surface area (Å²) in [6, 6.07) is 8.67. The molecule has 1 aromatic carbocycles. The van der Waals surface area contributed by atoms with Crippen molar-refractivity contribution in [3.05, 3.63) is 63.9 Å². The number of benzene rings is 1.